The molecule has 0 aliphatic carbocycles. The first-order valence-corrected chi connectivity index (χ1v) is 6.73. The standard InChI is InChI=1S/C12H16N2O2S/c1-8(9-5-6-17-7-9)13-12(16)10-3-2-4-11(15)14-10/h5-8,10H,2-4H2,1H3,(H,13,16)(H,14,15)/t8?,10-/m1/s1. The Hall–Kier alpha value is -1.36. The van der Waals surface area contributed by atoms with E-state index in [2.05, 4.69) is 10.6 Å². The number of rotatable bonds is 3. The van der Waals surface area contributed by atoms with Crippen molar-refractivity contribution in [2.75, 3.05) is 0 Å². The fourth-order valence-corrected chi connectivity index (χ4v) is 2.67. The molecule has 1 aromatic heterocycles. The first-order valence-electron chi connectivity index (χ1n) is 5.78. The van der Waals surface area contributed by atoms with E-state index >= 15 is 0 Å². The summed E-state index contributed by atoms with van der Waals surface area (Å²) in [6, 6.07) is 1.62. The van der Waals surface area contributed by atoms with Gasteiger partial charge in [-0.05, 0) is 42.2 Å². The van der Waals surface area contributed by atoms with Gasteiger partial charge in [-0.3, -0.25) is 9.59 Å². The number of amides is 2. The van der Waals surface area contributed by atoms with Crippen molar-refractivity contribution in [3.05, 3.63) is 22.4 Å². The van der Waals surface area contributed by atoms with Gasteiger partial charge in [0, 0.05) is 6.42 Å². The summed E-state index contributed by atoms with van der Waals surface area (Å²) < 4.78 is 0. The molecule has 1 unspecified atom stereocenters. The minimum absolute atomic E-state index is 0.00687. The van der Waals surface area contributed by atoms with Crippen LogP contribution in [0.3, 0.4) is 0 Å². The van der Waals surface area contributed by atoms with E-state index in [1.54, 1.807) is 11.3 Å². The molecule has 1 fully saturated rings. The van der Waals surface area contributed by atoms with E-state index in [0.717, 1.165) is 18.4 Å². The molecular weight excluding hydrogens is 236 g/mol. The second-order valence-corrected chi connectivity index (χ2v) is 5.08. The van der Waals surface area contributed by atoms with E-state index in [1.165, 1.54) is 0 Å². The number of carbonyl (C=O) groups excluding carboxylic acids is 2. The molecule has 0 radical (unpaired) electrons. The number of carbonyl (C=O) groups is 2. The predicted octanol–water partition coefficient (Wildman–Crippen LogP) is 1.59. The van der Waals surface area contributed by atoms with Crippen LogP contribution in [-0.4, -0.2) is 17.9 Å². The monoisotopic (exact) mass is 252 g/mol. The van der Waals surface area contributed by atoms with Crippen LogP contribution in [-0.2, 0) is 9.59 Å². The van der Waals surface area contributed by atoms with Gasteiger partial charge in [0.05, 0.1) is 6.04 Å². The molecule has 5 heteroatoms. The predicted molar refractivity (Wildman–Crippen MR) is 66.7 cm³/mol. The molecule has 2 rings (SSSR count). The largest absolute Gasteiger partial charge is 0.348 e. The van der Waals surface area contributed by atoms with Gasteiger partial charge < -0.3 is 10.6 Å². The summed E-state index contributed by atoms with van der Waals surface area (Å²) in [6.45, 7) is 1.95. The molecule has 17 heavy (non-hydrogen) atoms. The van der Waals surface area contributed by atoms with Crippen molar-refractivity contribution in [2.45, 2.75) is 38.3 Å². The number of hydrogen-bond acceptors (Lipinski definition) is 3. The Balaban J connectivity index is 1.90. The van der Waals surface area contributed by atoms with Gasteiger partial charge in [-0.1, -0.05) is 0 Å². The number of thiophene rings is 1. The molecule has 2 heterocycles. The molecule has 0 spiro atoms. The maximum atomic E-state index is 11.9. The van der Waals surface area contributed by atoms with Gasteiger partial charge in [-0.2, -0.15) is 11.3 Å². The summed E-state index contributed by atoms with van der Waals surface area (Å²) >= 11 is 1.61. The van der Waals surface area contributed by atoms with E-state index in [1.807, 2.05) is 23.8 Å². The maximum Gasteiger partial charge on any atom is 0.243 e. The van der Waals surface area contributed by atoms with Crippen molar-refractivity contribution in [1.82, 2.24) is 10.6 Å². The Bertz CT molecular complexity index is 403. The molecule has 0 bridgehead atoms. The summed E-state index contributed by atoms with van der Waals surface area (Å²) in [5, 5.41) is 9.65. The summed E-state index contributed by atoms with van der Waals surface area (Å²) in [5.41, 5.74) is 1.10. The number of hydrogen-bond donors (Lipinski definition) is 2. The Labute approximate surface area is 104 Å². The molecule has 2 amide bonds. The third-order valence-corrected chi connectivity index (χ3v) is 3.65. The second kappa shape index (κ2) is 5.31. The minimum atomic E-state index is -0.364. The highest BCUT2D eigenvalue weighted by Crippen LogP contribution is 2.16. The Morgan fingerprint density at radius 2 is 2.47 bits per heavy atom. The molecule has 4 nitrogen and oxygen atoms in total. The zero-order valence-electron chi connectivity index (χ0n) is 9.73. The fraction of sp³-hybridized carbons (Fsp3) is 0.500. The molecule has 92 valence electrons. The average Bonchev–Trinajstić information content (AvgIpc) is 2.82. The highest BCUT2D eigenvalue weighted by Gasteiger charge is 2.25. The van der Waals surface area contributed by atoms with E-state index in [-0.39, 0.29) is 23.9 Å². The third-order valence-electron chi connectivity index (χ3n) is 2.95. The highest BCUT2D eigenvalue weighted by molar-refractivity contribution is 7.07. The topological polar surface area (TPSA) is 58.2 Å². The summed E-state index contributed by atoms with van der Waals surface area (Å²) in [7, 11) is 0. The van der Waals surface area contributed by atoms with Gasteiger partial charge in [0.2, 0.25) is 11.8 Å². The lowest BCUT2D eigenvalue weighted by Crippen LogP contribution is -2.49. The summed E-state index contributed by atoms with van der Waals surface area (Å²) in [5.74, 6) is -0.115. The van der Waals surface area contributed by atoms with Crippen LogP contribution in [0.2, 0.25) is 0 Å². The molecule has 0 aromatic carbocycles. The van der Waals surface area contributed by atoms with Crippen LogP contribution in [0.5, 0.6) is 0 Å². The minimum Gasteiger partial charge on any atom is -0.348 e. The smallest absolute Gasteiger partial charge is 0.243 e. The lowest BCUT2D eigenvalue weighted by Gasteiger charge is -2.24. The van der Waals surface area contributed by atoms with Gasteiger partial charge in [-0.15, -0.1) is 0 Å². The van der Waals surface area contributed by atoms with Crippen molar-refractivity contribution < 1.29 is 9.59 Å². The SMILES string of the molecule is CC(NC(=O)[C@H]1CCCC(=O)N1)c1ccsc1. The van der Waals surface area contributed by atoms with Crippen molar-refractivity contribution in [1.29, 1.82) is 0 Å². The molecule has 2 N–H and O–H groups in total. The van der Waals surface area contributed by atoms with Crippen LogP contribution < -0.4 is 10.6 Å². The lowest BCUT2D eigenvalue weighted by atomic mass is 10.0. The first-order chi connectivity index (χ1) is 8.16. The van der Waals surface area contributed by atoms with Gasteiger partial charge in [-0.25, -0.2) is 0 Å². The highest BCUT2D eigenvalue weighted by atomic mass is 32.1. The van der Waals surface area contributed by atoms with Crippen LogP contribution in [0.25, 0.3) is 0 Å². The van der Waals surface area contributed by atoms with Gasteiger partial charge >= 0.3 is 0 Å². The van der Waals surface area contributed by atoms with Gasteiger partial charge in [0.25, 0.3) is 0 Å². The number of nitrogens with one attached hydrogen (secondary N) is 2. The van der Waals surface area contributed by atoms with Crippen LogP contribution in [0, 0.1) is 0 Å². The maximum absolute atomic E-state index is 11.9. The van der Waals surface area contributed by atoms with E-state index in [4.69, 9.17) is 0 Å². The quantitative estimate of drug-likeness (QED) is 0.858. The molecule has 1 aromatic rings. The van der Waals surface area contributed by atoms with Crippen molar-refractivity contribution in [2.24, 2.45) is 0 Å². The molecule has 1 aliphatic heterocycles. The van der Waals surface area contributed by atoms with E-state index < -0.39 is 0 Å². The number of piperidine rings is 1. The third kappa shape index (κ3) is 3.06. The van der Waals surface area contributed by atoms with E-state index in [0.29, 0.717) is 6.42 Å². The van der Waals surface area contributed by atoms with Crippen LogP contribution >= 0.6 is 11.3 Å². The average molecular weight is 252 g/mol. The molecule has 2 atom stereocenters. The molecular formula is C12H16N2O2S. The Morgan fingerprint density at radius 1 is 1.65 bits per heavy atom. The fourth-order valence-electron chi connectivity index (χ4n) is 1.92. The Morgan fingerprint density at radius 3 is 3.12 bits per heavy atom. The van der Waals surface area contributed by atoms with Crippen LogP contribution in [0.15, 0.2) is 16.8 Å². The van der Waals surface area contributed by atoms with Crippen molar-refractivity contribution in [3.8, 4) is 0 Å². The molecule has 0 saturated carbocycles. The Kier molecular flexibility index (Phi) is 3.78. The zero-order chi connectivity index (χ0) is 12.3. The van der Waals surface area contributed by atoms with E-state index in [9.17, 15) is 9.59 Å². The first kappa shape index (κ1) is 12.1. The van der Waals surface area contributed by atoms with Crippen molar-refractivity contribution >= 4 is 23.2 Å². The van der Waals surface area contributed by atoms with Crippen LogP contribution in [0.4, 0.5) is 0 Å². The molecule has 1 saturated heterocycles. The normalized spacial score (nSPS) is 21.7. The summed E-state index contributed by atoms with van der Waals surface area (Å²) in [4.78, 5) is 23.1. The van der Waals surface area contributed by atoms with Crippen molar-refractivity contribution in [3.63, 3.8) is 0 Å². The van der Waals surface area contributed by atoms with Gasteiger partial charge in [0.1, 0.15) is 6.04 Å². The lowest BCUT2D eigenvalue weighted by molar-refractivity contribution is -0.131. The zero-order valence-corrected chi connectivity index (χ0v) is 10.5. The molecule has 1 aliphatic rings. The summed E-state index contributed by atoms with van der Waals surface area (Å²) in [6.07, 6.45) is 2.05. The van der Waals surface area contributed by atoms with Gasteiger partial charge in [0.15, 0.2) is 0 Å². The van der Waals surface area contributed by atoms with Crippen LogP contribution in [0.1, 0.15) is 37.8 Å². The second-order valence-electron chi connectivity index (χ2n) is 4.30.